The first-order chi connectivity index (χ1) is 24.3. The number of nitrogens with zero attached hydrogens (tertiary/aromatic N) is 1. The molecule has 8 aromatic carbocycles. The van der Waals surface area contributed by atoms with Crippen LogP contribution in [-0.2, 0) is 5.41 Å². The van der Waals surface area contributed by atoms with Crippen LogP contribution < -0.4 is 4.74 Å². The molecule has 0 saturated heterocycles. The van der Waals surface area contributed by atoms with Gasteiger partial charge in [0.1, 0.15) is 11.5 Å². The van der Waals surface area contributed by atoms with Crippen LogP contribution in [0.1, 0.15) is 22.3 Å². The zero-order valence-corrected chi connectivity index (χ0v) is 26.8. The molecule has 9 aromatic rings. The molecule has 0 radical (unpaired) electrons. The molecule has 2 nitrogen and oxygen atoms in total. The maximum atomic E-state index is 6.69. The molecule has 0 aliphatic carbocycles. The summed E-state index contributed by atoms with van der Waals surface area (Å²) >= 11 is 0. The highest BCUT2D eigenvalue weighted by molar-refractivity contribution is 6.14. The van der Waals surface area contributed by atoms with Crippen LogP contribution in [0.15, 0.2) is 188 Å². The number of ether oxygens (including phenoxy) is 1. The van der Waals surface area contributed by atoms with Gasteiger partial charge in [-0.05, 0) is 81.6 Å². The Labute approximate surface area is 285 Å². The van der Waals surface area contributed by atoms with Crippen LogP contribution in [-0.4, -0.2) is 4.57 Å². The van der Waals surface area contributed by atoms with Crippen molar-refractivity contribution < 1.29 is 4.74 Å². The number of benzene rings is 8. The molecule has 2 heterocycles. The van der Waals surface area contributed by atoms with Crippen molar-refractivity contribution in [3.8, 4) is 28.3 Å². The van der Waals surface area contributed by atoms with Gasteiger partial charge in [0.2, 0.25) is 0 Å². The number of para-hydroxylation sites is 2. The lowest BCUT2D eigenvalue weighted by Gasteiger charge is -2.41. The average Bonchev–Trinajstić information content (AvgIpc) is 3.49. The van der Waals surface area contributed by atoms with Crippen molar-refractivity contribution in [1.82, 2.24) is 4.57 Å². The molecule has 0 atom stereocenters. The van der Waals surface area contributed by atoms with Gasteiger partial charge in [-0.1, -0.05) is 140 Å². The van der Waals surface area contributed by atoms with Crippen LogP contribution in [0.3, 0.4) is 0 Å². The lowest BCUT2D eigenvalue weighted by molar-refractivity contribution is 0.434. The van der Waals surface area contributed by atoms with Crippen molar-refractivity contribution in [2.75, 3.05) is 0 Å². The minimum Gasteiger partial charge on any atom is -0.457 e. The third kappa shape index (κ3) is 4.14. The van der Waals surface area contributed by atoms with E-state index in [-0.39, 0.29) is 0 Å². The molecule has 0 amide bonds. The Morgan fingerprint density at radius 2 is 0.939 bits per heavy atom. The van der Waals surface area contributed by atoms with Gasteiger partial charge in [-0.15, -0.1) is 0 Å². The Morgan fingerprint density at radius 3 is 1.67 bits per heavy atom. The summed E-state index contributed by atoms with van der Waals surface area (Å²) in [4.78, 5) is 0. The lowest BCUT2D eigenvalue weighted by atomic mass is 9.63. The van der Waals surface area contributed by atoms with Crippen LogP contribution in [0, 0.1) is 0 Å². The van der Waals surface area contributed by atoms with Crippen molar-refractivity contribution >= 4 is 32.6 Å². The van der Waals surface area contributed by atoms with Gasteiger partial charge < -0.3 is 9.30 Å². The van der Waals surface area contributed by atoms with Crippen molar-refractivity contribution in [2.45, 2.75) is 5.41 Å². The maximum absolute atomic E-state index is 6.69. The number of rotatable bonds is 4. The normalized spacial score (nSPS) is 13.2. The summed E-state index contributed by atoms with van der Waals surface area (Å²) in [6, 6.07) is 67.9. The third-order valence-electron chi connectivity index (χ3n) is 10.3. The summed E-state index contributed by atoms with van der Waals surface area (Å²) in [5.74, 6) is 1.76. The first kappa shape index (κ1) is 27.7. The zero-order chi connectivity index (χ0) is 32.4. The summed E-state index contributed by atoms with van der Waals surface area (Å²) in [5, 5.41) is 4.99. The van der Waals surface area contributed by atoms with E-state index in [1.807, 2.05) is 0 Å². The largest absolute Gasteiger partial charge is 0.457 e. The van der Waals surface area contributed by atoms with E-state index in [1.54, 1.807) is 0 Å². The van der Waals surface area contributed by atoms with E-state index in [0.717, 1.165) is 39.4 Å². The Morgan fingerprint density at radius 1 is 0.388 bits per heavy atom. The zero-order valence-electron chi connectivity index (χ0n) is 26.8. The van der Waals surface area contributed by atoms with Gasteiger partial charge in [0.15, 0.2) is 0 Å². The SMILES string of the molecule is c1ccc(-n2c3cc(-c4ccc5c(c4)C(c4ccccc4)(c4ccccc4)c4ccccc4O5)ccc3c3cc4ccccc4cc32)cc1. The summed E-state index contributed by atoms with van der Waals surface area (Å²) in [6.07, 6.45) is 0. The topological polar surface area (TPSA) is 14.2 Å². The Hall–Kier alpha value is -6.38. The van der Waals surface area contributed by atoms with Crippen molar-refractivity contribution in [1.29, 1.82) is 0 Å². The second kappa shape index (κ2) is 10.8. The standard InChI is InChI=1S/C47H31NO/c1-4-16-36(17-5-1)47(37-18-6-2-7-19-37)41-22-12-13-23-45(41)49-46-27-25-34(29-42(46)47)35-24-26-39-40-28-32-14-10-11-15-33(32)30-44(40)48(43(39)31-35)38-20-8-3-9-21-38/h1-31H. The van der Waals surface area contributed by atoms with Crippen LogP contribution in [0.5, 0.6) is 11.5 Å². The smallest absolute Gasteiger partial charge is 0.132 e. The highest BCUT2D eigenvalue weighted by Gasteiger charge is 2.45. The van der Waals surface area contributed by atoms with Crippen LogP contribution in [0.2, 0.25) is 0 Å². The van der Waals surface area contributed by atoms with Gasteiger partial charge in [-0.2, -0.15) is 0 Å². The Kier molecular flexibility index (Phi) is 6.13. The molecule has 1 aliphatic rings. The molecule has 0 saturated carbocycles. The predicted octanol–water partition coefficient (Wildman–Crippen LogP) is 12.1. The minimum atomic E-state index is -0.564. The molecule has 2 heteroatoms. The number of fused-ring (bicyclic) bond motifs is 6. The van der Waals surface area contributed by atoms with Crippen molar-refractivity contribution in [3.63, 3.8) is 0 Å². The van der Waals surface area contributed by atoms with Crippen molar-refractivity contribution in [2.24, 2.45) is 0 Å². The number of aromatic nitrogens is 1. The molecule has 0 fully saturated rings. The summed E-state index contributed by atoms with van der Waals surface area (Å²) in [5.41, 5.74) is 9.99. The van der Waals surface area contributed by atoms with Gasteiger partial charge in [0.05, 0.1) is 16.4 Å². The fraction of sp³-hybridized carbons (Fsp3) is 0.0213. The van der Waals surface area contributed by atoms with Crippen LogP contribution in [0.25, 0.3) is 49.4 Å². The lowest BCUT2D eigenvalue weighted by Crippen LogP contribution is -2.34. The Bertz CT molecular complexity index is 2630. The third-order valence-corrected chi connectivity index (χ3v) is 10.3. The fourth-order valence-electron chi connectivity index (χ4n) is 8.12. The maximum Gasteiger partial charge on any atom is 0.132 e. The molecule has 230 valence electrons. The fourth-order valence-corrected chi connectivity index (χ4v) is 8.12. The van der Waals surface area contributed by atoms with Gasteiger partial charge in [-0.3, -0.25) is 0 Å². The molecular weight excluding hydrogens is 595 g/mol. The van der Waals surface area contributed by atoms with Crippen molar-refractivity contribution in [3.05, 3.63) is 210 Å². The second-order valence-corrected chi connectivity index (χ2v) is 12.9. The predicted molar refractivity (Wildman–Crippen MR) is 202 cm³/mol. The molecule has 0 unspecified atom stereocenters. The van der Waals surface area contributed by atoms with E-state index in [0.29, 0.717) is 0 Å². The summed E-state index contributed by atoms with van der Waals surface area (Å²) < 4.78 is 9.10. The van der Waals surface area contributed by atoms with Gasteiger partial charge >= 0.3 is 0 Å². The average molecular weight is 626 g/mol. The monoisotopic (exact) mass is 625 g/mol. The molecule has 1 aromatic heterocycles. The second-order valence-electron chi connectivity index (χ2n) is 12.9. The summed E-state index contributed by atoms with van der Waals surface area (Å²) in [7, 11) is 0. The molecule has 10 rings (SSSR count). The van der Waals surface area contributed by atoms with E-state index in [1.165, 1.54) is 43.7 Å². The van der Waals surface area contributed by atoms with E-state index in [4.69, 9.17) is 4.74 Å². The number of hydrogen-bond acceptors (Lipinski definition) is 1. The van der Waals surface area contributed by atoms with Gasteiger partial charge in [0, 0.05) is 27.6 Å². The van der Waals surface area contributed by atoms with E-state index in [2.05, 4.69) is 193 Å². The molecular formula is C47H31NO. The number of hydrogen-bond donors (Lipinski definition) is 0. The molecule has 0 bridgehead atoms. The van der Waals surface area contributed by atoms with Gasteiger partial charge in [-0.25, -0.2) is 0 Å². The molecule has 0 spiro atoms. The highest BCUT2D eigenvalue weighted by Crippen LogP contribution is 2.56. The molecule has 49 heavy (non-hydrogen) atoms. The van der Waals surface area contributed by atoms with Crippen LogP contribution >= 0.6 is 0 Å². The quantitative estimate of drug-likeness (QED) is 0.190. The highest BCUT2D eigenvalue weighted by atomic mass is 16.5. The van der Waals surface area contributed by atoms with E-state index in [9.17, 15) is 0 Å². The van der Waals surface area contributed by atoms with Crippen LogP contribution in [0.4, 0.5) is 0 Å². The Balaban J connectivity index is 1.25. The molecule has 1 aliphatic heterocycles. The summed E-state index contributed by atoms with van der Waals surface area (Å²) in [6.45, 7) is 0. The molecule has 0 N–H and O–H groups in total. The first-order valence-corrected chi connectivity index (χ1v) is 16.8. The van der Waals surface area contributed by atoms with Gasteiger partial charge in [0.25, 0.3) is 0 Å². The van der Waals surface area contributed by atoms with E-state index < -0.39 is 5.41 Å². The van der Waals surface area contributed by atoms with E-state index >= 15 is 0 Å². The minimum absolute atomic E-state index is 0.564. The first-order valence-electron chi connectivity index (χ1n) is 16.8.